The zero-order valence-corrected chi connectivity index (χ0v) is 23.0. The Morgan fingerprint density at radius 2 is 1.74 bits per heavy atom. The highest BCUT2D eigenvalue weighted by Crippen LogP contribution is 2.26. The summed E-state index contributed by atoms with van der Waals surface area (Å²) in [5, 5.41) is 3.26. The van der Waals surface area contributed by atoms with Crippen molar-refractivity contribution in [3.63, 3.8) is 0 Å². The van der Waals surface area contributed by atoms with Gasteiger partial charge in [0, 0.05) is 44.9 Å². The van der Waals surface area contributed by atoms with Gasteiger partial charge in [-0.1, -0.05) is 54.6 Å². The molecule has 0 radical (unpaired) electrons. The lowest BCUT2D eigenvalue weighted by Gasteiger charge is -2.43. The van der Waals surface area contributed by atoms with Crippen LogP contribution in [0.1, 0.15) is 55.2 Å². The Morgan fingerprint density at radius 3 is 2.45 bits per heavy atom. The van der Waals surface area contributed by atoms with Gasteiger partial charge in [-0.25, -0.2) is 0 Å². The molecule has 0 aromatic heterocycles. The van der Waals surface area contributed by atoms with E-state index in [1.54, 1.807) is 4.90 Å². The van der Waals surface area contributed by atoms with Crippen molar-refractivity contribution in [2.45, 2.75) is 82.6 Å². The fraction of sp³-hybridized carbons (Fsp3) is 0.548. The van der Waals surface area contributed by atoms with Crippen molar-refractivity contribution < 1.29 is 14.3 Å². The normalized spacial score (nSPS) is 23.8. The summed E-state index contributed by atoms with van der Waals surface area (Å²) in [4.78, 5) is 30.9. The van der Waals surface area contributed by atoms with E-state index in [1.165, 1.54) is 23.8 Å². The lowest BCUT2D eigenvalue weighted by Crippen LogP contribution is -2.59. The first-order valence-corrected chi connectivity index (χ1v) is 14.1. The minimum absolute atomic E-state index is 0.00629. The zero-order chi connectivity index (χ0) is 26.9. The van der Waals surface area contributed by atoms with Gasteiger partial charge < -0.3 is 20.7 Å². The number of likely N-dealkylation sites (tertiary alicyclic amines) is 1. The molecule has 2 atom stereocenters. The Kier molecular flexibility index (Phi) is 10.3. The molecule has 1 aliphatic carbocycles. The lowest BCUT2D eigenvalue weighted by molar-refractivity contribution is -0.147. The first kappa shape index (κ1) is 28.3. The molecule has 0 bridgehead atoms. The number of nitrogens with zero attached hydrogens (tertiary/aromatic N) is 2. The molecular weight excluding hydrogens is 476 g/mol. The van der Waals surface area contributed by atoms with Crippen molar-refractivity contribution in [2.24, 2.45) is 5.73 Å². The average Bonchev–Trinajstić information content (AvgIpc) is 2.93. The molecule has 7 nitrogen and oxygen atoms in total. The maximum Gasteiger partial charge on any atom is 0.249 e. The van der Waals surface area contributed by atoms with Crippen molar-refractivity contribution in [1.29, 1.82) is 0 Å². The van der Waals surface area contributed by atoms with Crippen LogP contribution in [0.2, 0.25) is 0 Å². The third-order valence-electron chi connectivity index (χ3n) is 8.27. The number of carbonyl (C=O) groups is 2. The van der Waals surface area contributed by atoms with Crippen LogP contribution in [-0.2, 0) is 27.3 Å². The highest BCUT2D eigenvalue weighted by molar-refractivity contribution is 5.88. The number of ether oxygens (including phenoxy) is 1. The molecule has 2 fully saturated rings. The molecule has 1 saturated heterocycles. The van der Waals surface area contributed by atoms with E-state index in [4.69, 9.17) is 10.5 Å². The molecule has 1 aliphatic heterocycles. The first-order valence-electron chi connectivity index (χ1n) is 14.1. The van der Waals surface area contributed by atoms with E-state index in [-0.39, 0.29) is 36.5 Å². The van der Waals surface area contributed by atoms with E-state index >= 15 is 0 Å². The standard InChI is InChI=1S/C31H44N4O3/c1-23-8-6-7-11-25(23)21-34(18-16-24-9-4-3-5-10-24)28-17-19-35(30(36)22-38-2)29(20-28)31(37)33-27-14-12-26(32)13-15-27/h3-11,26-29H,12-22,32H2,1-2H3,(H,33,37)/t26?,27?,28?,29-/m1/s1. The third kappa shape index (κ3) is 7.65. The number of amides is 2. The van der Waals surface area contributed by atoms with Crippen LogP contribution < -0.4 is 11.1 Å². The molecule has 1 saturated carbocycles. The van der Waals surface area contributed by atoms with Gasteiger partial charge in [-0.3, -0.25) is 14.5 Å². The number of nitrogens with two attached hydrogens (primary N) is 1. The number of aryl methyl sites for hydroxylation is 1. The van der Waals surface area contributed by atoms with Gasteiger partial charge in [0.2, 0.25) is 11.8 Å². The molecule has 4 rings (SSSR count). The molecule has 2 aromatic carbocycles. The smallest absolute Gasteiger partial charge is 0.249 e. The molecule has 2 aromatic rings. The lowest BCUT2D eigenvalue weighted by atomic mass is 9.90. The van der Waals surface area contributed by atoms with Gasteiger partial charge in [-0.05, 0) is 68.6 Å². The van der Waals surface area contributed by atoms with Crippen LogP contribution >= 0.6 is 0 Å². The van der Waals surface area contributed by atoms with Crippen molar-refractivity contribution in [1.82, 2.24) is 15.1 Å². The highest BCUT2D eigenvalue weighted by atomic mass is 16.5. The van der Waals surface area contributed by atoms with Crippen LogP contribution in [0.4, 0.5) is 0 Å². The molecule has 0 spiro atoms. The van der Waals surface area contributed by atoms with Crippen molar-refractivity contribution >= 4 is 11.8 Å². The number of benzene rings is 2. The SMILES string of the molecule is COCC(=O)N1CCC(N(CCc2ccccc2)Cc2ccccc2C)C[C@@H]1C(=O)NC1CCC(N)CC1. The largest absolute Gasteiger partial charge is 0.375 e. The van der Waals surface area contributed by atoms with Gasteiger partial charge in [-0.15, -0.1) is 0 Å². The molecule has 3 N–H and O–H groups in total. The summed E-state index contributed by atoms with van der Waals surface area (Å²) in [6.07, 6.45) is 6.03. The second kappa shape index (κ2) is 13.9. The van der Waals surface area contributed by atoms with Crippen LogP contribution in [0, 0.1) is 6.92 Å². The van der Waals surface area contributed by atoms with Crippen LogP contribution in [0.5, 0.6) is 0 Å². The maximum atomic E-state index is 13.6. The minimum Gasteiger partial charge on any atom is -0.375 e. The summed E-state index contributed by atoms with van der Waals surface area (Å²) in [5.41, 5.74) is 9.96. The fourth-order valence-corrected chi connectivity index (χ4v) is 5.91. The predicted molar refractivity (Wildman–Crippen MR) is 151 cm³/mol. The van der Waals surface area contributed by atoms with Crippen LogP contribution in [-0.4, -0.2) is 72.6 Å². The average molecular weight is 521 g/mol. The monoisotopic (exact) mass is 520 g/mol. The summed E-state index contributed by atoms with van der Waals surface area (Å²) in [7, 11) is 1.53. The summed E-state index contributed by atoms with van der Waals surface area (Å²) in [5.74, 6) is -0.162. The van der Waals surface area contributed by atoms with Gasteiger partial charge in [0.25, 0.3) is 0 Å². The number of carbonyl (C=O) groups excluding carboxylic acids is 2. The Bertz CT molecular complexity index is 1040. The van der Waals surface area contributed by atoms with Crippen LogP contribution in [0.25, 0.3) is 0 Å². The molecule has 38 heavy (non-hydrogen) atoms. The number of methoxy groups -OCH3 is 1. The van der Waals surface area contributed by atoms with Gasteiger partial charge >= 0.3 is 0 Å². The van der Waals surface area contributed by atoms with Crippen LogP contribution in [0.3, 0.4) is 0 Å². The van der Waals surface area contributed by atoms with Crippen molar-refractivity contribution in [3.05, 3.63) is 71.3 Å². The zero-order valence-electron chi connectivity index (χ0n) is 23.0. The topological polar surface area (TPSA) is 87.9 Å². The first-order chi connectivity index (χ1) is 18.4. The van der Waals surface area contributed by atoms with Gasteiger partial charge in [0.1, 0.15) is 12.6 Å². The van der Waals surface area contributed by atoms with E-state index < -0.39 is 6.04 Å². The van der Waals surface area contributed by atoms with Crippen LogP contribution in [0.15, 0.2) is 54.6 Å². The molecule has 206 valence electrons. The maximum absolute atomic E-state index is 13.6. The van der Waals surface area contributed by atoms with E-state index in [9.17, 15) is 9.59 Å². The summed E-state index contributed by atoms with van der Waals surface area (Å²) in [6, 6.07) is 19.1. The van der Waals surface area contributed by atoms with Gasteiger partial charge in [-0.2, -0.15) is 0 Å². The number of hydrogen-bond acceptors (Lipinski definition) is 5. The summed E-state index contributed by atoms with van der Waals surface area (Å²) < 4.78 is 5.15. The predicted octanol–water partition coefficient (Wildman–Crippen LogP) is 3.43. The Balaban J connectivity index is 1.52. The minimum atomic E-state index is -0.497. The van der Waals surface area contributed by atoms with Crippen molar-refractivity contribution in [2.75, 3.05) is 26.8 Å². The number of piperidine rings is 1. The Hall–Kier alpha value is -2.74. The number of rotatable bonds is 10. The van der Waals surface area contributed by atoms with E-state index in [0.717, 1.165) is 51.6 Å². The third-order valence-corrected chi connectivity index (χ3v) is 8.27. The molecule has 1 heterocycles. The van der Waals surface area contributed by atoms with Gasteiger partial charge in [0.15, 0.2) is 0 Å². The molecule has 2 aliphatic rings. The molecular formula is C31H44N4O3. The quantitative estimate of drug-likeness (QED) is 0.501. The van der Waals surface area contributed by atoms with E-state index in [0.29, 0.717) is 13.0 Å². The second-order valence-corrected chi connectivity index (χ2v) is 11.0. The Morgan fingerprint density at radius 1 is 1.03 bits per heavy atom. The molecule has 1 unspecified atom stereocenters. The number of hydrogen-bond donors (Lipinski definition) is 2. The molecule has 7 heteroatoms. The molecule has 2 amide bonds. The highest BCUT2D eigenvalue weighted by Gasteiger charge is 2.39. The van der Waals surface area contributed by atoms with Crippen molar-refractivity contribution in [3.8, 4) is 0 Å². The van der Waals surface area contributed by atoms with Gasteiger partial charge in [0.05, 0.1) is 0 Å². The Labute approximate surface area is 227 Å². The summed E-state index contributed by atoms with van der Waals surface area (Å²) >= 11 is 0. The number of nitrogens with one attached hydrogen (secondary N) is 1. The van der Waals surface area contributed by atoms with E-state index in [1.807, 2.05) is 6.07 Å². The summed E-state index contributed by atoms with van der Waals surface area (Å²) in [6.45, 7) is 4.42. The fourth-order valence-electron chi connectivity index (χ4n) is 5.91. The van der Waals surface area contributed by atoms with E-state index in [2.05, 4.69) is 65.7 Å². The second-order valence-electron chi connectivity index (χ2n) is 11.0.